The number of aromatic nitrogens is 1. The van der Waals surface area contributed by atoms with Crippen molar-refractivity contribution < 1.29 is 9.18 Å². The lowest BCUT2D eigenvalue weighted by atomic mass is 9.92. The number of carbonyl (C=O) groups is 1. The van der Waals surface area contributed by atoms with Gasteiger partial charge in [-0.3, -0.25) is 14.7 Å². The van der Waals surface area contributed by atoms with Crippen molar-refractivity contribution in [1.29, 1.82) is 0 Å². The van der Waals surface area contributed by atoms with Crippen molar-refractivity contribution in [3.63, 3.8) is 0 Å². The molecule has 0 atom stereocenters. The van der Waals surface area contributed by atoms with Crippen LogP contribution in [0.4, 0.5) is 4.39 Å². The van der Waals surface area contributed by atoms with Crippen LogP contribution >= 0.6 is 0 Å². The number of halogens is 1. The number of nitrogens with zero attached hydrogens (tertiary/aromatic N) is 3. The van der Waals surface area contributed by atoms with Crippen LogP contribution in [0.2, 0.25) is 0 Å². The Hall–Kier alpha value is -2.27. The third kappa shape index (κ3) is 4.58. The van der Waals surface area contributed by atoms with Gasteiger partial charge in [0.25, 0.3) is 0 Å². The molecule has 0 aliphatic carbocycles. The van der Waals surface area contributed by atoms with Crippen LogP contribution in [0.25, 0.3) is 0 Å². The molecule has 0 saturated carbocycles. The monoisotopic (exact) mass is 381 g/mol. The third-order valence-electron chi connectivity index (χ3n) is 6.02. The number of rotatable bonds is 5. The van der Waals surface area contributed by atoms with E-state index in [4.69, 9.17) is 0 Å². The summed E-state index contributed by atoms with van der Waals surface area (Å²) in [5.41, 5.74) is 2.85. The standard InChI is InChI=1S/C23H28FN3O/c24-21-6-2-1-5-20(21)15-18-7-8-22(25-16-18)19-9-13-26(14-10-19)17-23(28)27-11-3-4-12-27/h1-2,5-8,16,19H,3-4,9-15,17H2. The van der Waals surface area contributed by atoms with Crippen LogP contribution in [0.5, 0.6) is 0 Å². The number of hydrogen-bond donors (Lipinski definition) is 0. The lowest BCUT2D eigenvalue weighted by molar-refractivity contribution is -0.131. The predicted octanol–water partition coefficient (Wildman–Crippen LogP) is 3.61. The molecule has 0 radical (unpaired) electrons. The molecule has 1 amide bonds. The molecule has 148 valence electrons. The van der Waals surface area contributed by atoms with Crippen molar-refractivity contribution in [2.75, 3.05) is 32.7 Å². The van der Waals surface area contributed by atoms with Gasteiger partial charge in [-0.1, -0.05) is 24.3 Å². The molecule has 5 heteroatoms. The zero-order chi connectivity index (χ0) is 19.3. The molecule has 0 bridgehead atoms. The largest absolute Gasteiger partial charge is 0.342 e. The minimum Gasteiger partial charge on any atom is -0.342 e. The van der Waals surface area contributed by atoms with Crippen LogP contribution in [0, 0.1) is 5.82 Å². The Morgan fingerprint density at radius 1 is 1.04 bits per heavy atom. The maximum Gasteiger partial charge on any atom is 0.236 e. The molecule has 4 nitrogen and oxygen atoms in total. The number of likely N-dealkylation sites (tertiary alicyclic amines) is 2. The van der Waals surface area contributed by atoms with Gasteiger partial charge in [0.1, 0.15) is 5.82 Å². The van der Waals surface area contributed by atoms with Gasteiger partial charge in [-0.25, -0.2) is 4.39 Å². The van der Waals surface area contributed by atoms with Crippen molar-refractivity contribution in [3.05, 3.63) is 65.2 Å². The maximum atomic E-state index is 13.8. The van der Waals surface area contributed by atoms with E-state index in [2.05, 4.69) is 22.0 Å². The topological polar surface area (TPSA) is 36.4 Å². The van der Waals surface area contributed by atoms with Gasteiger partial charge in [0, 0.05) is 37.3 Å². The normalized spacial score (nSPS) is 18.5. The highest BCUT2D eigenvalue weighted by Crippen LogP contribution is 2.27. The number of hydrogen-bond acceptors (Lipinski definition) is 3. The number of carbonyl (C=O) groups excluding carboxylic acids is 1. The predicted molar refractivity (Wildman–Crippen MR) is 108 cm³/mol. The maximum absolute atomic E-state index is 13.8. The summed E-state index contributed by atoms with van der Waals surface area (Å²) in [6.45, 7) is 4.31. The summed E-state index contributed by atoms with van der Waals surface area (Å²) < 4.78 is 13.8. The van der Waals surface area contributed by atoms with Crippen molar-refractivity contribution in [1.82, 2.24) is 14.8 Å². The van der Waals surface area contributed by atoms with Crippen LogP contribution in [0.3, 0.4) is 0 Å². The first kappa shape index (κ1) is 19.1. The second-order valence-electron chi connectivity index (χ2n) is 8.00. The van der Waals surface area contributed by atoms with E-state index in [1.807, 2.05) is 23.2 Å². The molecule has 28 heavy (non-hydrogen) atoms. The molecule has 2 fully saturated rings. The Morgan fingerprint density at radius 3 is 2.46 bits per heavy atom. The molecule has 4 rings (SSSR count). The van der Waals surface area contributed by atoms with Crippen molar-refractivity contribution in [2.45, 2.75) is 38.0 Å². The zero-order valence-corrected chi connectivity index (χ0v) is 16.3. The van der Waals surface area contributed by atoms with E-state index in [0.717, 1.165) is 63.1 Å². The molecule has 2 aromatic rings. The van der Waals surface area contributed by atoms with E-state index < -0.39 is 0 Å². The fourth-order valence-electron chi connectivity index (χ4n) is 4.29. The molecule has 0 spiro atoms. The Kier molecular flexibility index (Phi) is 6.01. The summed E-state index contributed by atoms with van der Waals surface area (Å²) in [5.74, 6) is 0.564. The minimum absolute atomic E-state index is 0.164. The minimum atomic E-state index is -0.164. The molecule has 2 aliphatic heterocycles. The molecule has 0 unspecified atom stereocenters. The molecular formula is C23H28FN3O. The van der Waals surface area contributed by atoms with Crippen LogP contribution in [0.1, 0.15) is 48.4 Å². The van der Waals surface area contributed by atoms with E-state index in [9.17, 15) is 9.18 Å². The summed E-state index contributed by atoms with van der Waals surface area (Å²) in [7, 11) is 0. The fourth-order valence-corrected chi connectivity index (χ4v) is 4.29. The van der Waals surface area contributed by atoms with Gasteiger partial charge in [-0.15, -0.1) is 0 Å². The molecule has 1 aromatic carbocycles. The Labute approximate surface area is 166 Å². The molecular weight excluding hydrogens is 353 g/mol. The number of piperidine rings is 1. The average Bonchev–Trinajstić information content (AvgIpc) is 3.26. The zero-order valence-electron chi connectivity index (χ0n) is 16.3. The van der Waals surface area contributed by atoms with Gasteiger partial charge >= 0.3 is 0 Å². The highest BCUT2D eigenvalue weighted by Gasteiger charge is 2.25. The second kappa shape index (κ2) is 8.82. The first-order chi connectivity index (χ1) is 13.7. The summed E-state index contributed by atoms with van der Waals surface area (Å²) >= 11 is 0. The van der Waals surface area contributed by atoms with Gasteiger partial charge in [0.15, 0.2) is 0 Å². The van der Waals surface area contributed by atoms with E-state index in [-0.39, 0.29) is 11.7 Å². The first-order valence-corrected chi connectivity index (χ1v) is 10.4. The molecule has 3 heterocycles. The summed E-state index contributed by atoms with van der Waals surface area (Å²) in [6, 6.07) is 11.1. The van der Waals surface area contributed by atoms with E-state index in [1.165, 1.54) is 6.07 Å². The van der Waals surface area contributed by atoms with E-state index in [1.54, 1.807) is 6.07 Å². The van der Waals surface area contributed by atoms with Crippen LogP contribution in [-0.4, -0.2) is 53.4 Å². The highest BCUT2D eigenvalue weighted by atomic mass is 19.1. The van der Waals surface area contributed by atoms with Crippen LogP contribution in [0.15, 0.2) is 42.6 Å². The quantitative estimate of drug-likeness (QED) is 0.794. The van der Waals surface area contributed by atoms with E-state index in [0.29, 0.717) is 24.4 Å². The Balaban J connectivity index is 1.28. The molecule has 2 saturated heterocycles. The molecule has 2 aliphatic rings. The summed E-state index contributed by atoms with van der Waals surface area (Å²) in [6.07, 6.45) is 6.81. The SMILES string of the molecule is O=C(CN1CCC(c2ccc(Cc3ccccc3F)cn2)CC1)N1CCCC1. The van der Waals surface area contributed by atoms with Gasteiger partial charge < -0.3 is 4.90 Å². The van der Waals surface area contributed by atoms with Gasteiger partial charge in [0.2, 0.25) is 5.91 Å². The number of pyridine rings is 1. The average molecular weight is 381 g/mol. The highest BCUT2D eigenvalue weighted by molar-refractivity contribution is 5.78. The lowest BCUT2D eigenvalue weighted by Gasteiger charge is -2.32. The Bertz CT molecular complexity index is 794. The number of benzene rings is 1. The van der Waals surface area contributed by atoms with Gasteiger partial charge in [0.05, 0.1) is 6.54 Å². The Morgan fingerprint density at radius 2 is 1.79 bits per heavy atom. The van der Waals surface area contributed by atoms with Gasteiger partial charge in [-0.2, -0.15) is 0 Å². The second-order valence-corrected chi connectivity index (χ2v) is 8.00. The third-order valence-corrected chi connectivity index (χ3v) is 6.02. The van der Waals surface area contributed by atoms with Crippen molar-refractivity contribution in [2.24, 2.45) is 0 Å². The summed E-state index contributed by atoms with van der Waals surface area (Å²) in [5, 5.41) is 0. The van der Waals surface area contributed by atoms with Crippen LogP contribution in [-0.2, 0) is 11.2 Å². The van der Waals surface area contributed by atoms with Crippen molar-refractivity contribution in [3.8, 4) is 0 Å². The van der Waals surface area contributed by atoms with Crippen molar-refractivity contribution >= 4 is 5.91 Å². The molecule has 0 N–H and O–H groups in total. The first-order valence-electron chi connectivity index (χ1n) is 10.4. The smallest absolute Gasteiger partial charge is 0.236 e. The van der Waals surface area contributed by atoms with E-state index >= 15 is 0 Å². The molecule has 1 aromatic heterocycles. The summed E-state index contributed by atoms with van der Waals surface area (Å²) in [4.78, 5) is 21.3. The van der Waals surface area contributed by atoms with Crippen LogP contribution < -0.4 is 0 Å². The number of amides is 1. The lowest BCUT2D eigenvalue weighted by Crippen LogP contribution is -2.42. The fraction of sp³-hybridized carbons (Fsp3) is 0.478. The van der Waals surface area contributed by atoms with Gasteiger partial charge in [-0.05, 0) is 62.0 Å².